The smallest absolute Gasteiger partial charge is 0.416 e. The maximum absolute atomic E-state index is 12.8. The lowest BCUT2D eigenvalue weighted by Gasteiger charge is -2.39. The van der Waals surface area contributed by atoms with Crippen molar-refractivity contribution in [1.82, 2.24) is 10.2 Å². The fraction of sp³-hybridized carbons (Fsp3) is 0.250. The predicted molar refractivity (Wildman–Crippen MR) is 114 cm³/mol. The van der Waals surface area contributed by atoms with E-state index in [1.54, 1.807) is 35.2 Å². The van der Waals surface area contributed by atoms with E-state index in [1.165, 1.54) is 19.1 Å². The normalized spacial score (nSPS) is 14.2. The molecule has 0 atom stereocenters. The Bertz CT molecular complexity index is 1150. The first-order valence-corrected chi connectivity index (χ1v) is 10.1. The van der Waals surface area contributed by atoms with E-state index in [1.807, 2.05) is 6.07 Å². The first kappa shape index (κ1) is 21.7. The number of nitrogens with zero attached hydrogens (tertiary/aromatic N) is 1. The van der Waals surface area contributed by atoms with Crippen molar-refractivity contribution in [2.45, 2.75) is 13.1 Å². The fourth-order valence-corrected chi connectivity index (χ4v) is 3.65. The van der Waals surface area contributed by atoms with Gasteiger partial charge in [-0.2, -0.15) is 13.2 Å². The average molecular weight is 442 g/mol. The highest BCUT2D eigenvalue weighted by molar-refractivity contribution is 6.00. The quantitative estimate of drug-likeness (QED) is 0.614. The summed E-state index contributed by atoms with van der Waals surface area (Å²) in [7, 11) is 0. The van der Waals surface area contributed by atoms with Gasteiger partial charge in [-0.1, -0.05) is 12.1 Å². The van der Waals surface area contributed by atoms with Gasteiger partial charge in [-0.15, -0.1) is 0 Å². The molecule has 32 heavy (non-hydrogen) atoms. The second-order valence-electron chi connectivity index (χ2n) is 7.83. The van der Waals surface area contributed by atoms with Crippen LogP contribution in [0.15, 0.2) is 60.7 Å². The maximum Gasteiger partial charge on any atom is 0.416 e. The largest absolute Gasteiger partial charge is 0.457 e. The van der Waals surface area contributed by atoms with Gasteiger partial charge in [0.25, 0.3) is 5.91 Å². The Morgan fingerprint density at radius 2 is 1.78 bits per heavy atom. The number of nitrogens with one attached hydrogen (secondary N) is 1. The topological polar surface area (TPSA) is 58.6 Å². The summed E-state index contributed by atoms with van der Waals surface area (Å²) in [6.45, 7) is 3.20. The summed E-state index contributed by atoms with van der Waals surface area (Å²) < 4.78 is 44.0. The van der Waals surface area contributed by atoms with Crippen molar-refractivity contribution in [3.05, 3.63) is 71.8 Å². The monoisotopic (exact) mass is 442 g/mol. The Labute approximate surface area is 182 Å². The van der Waals surface area contributed by atoms with Gasteiger partial charge in [0.15, 0.2) is 0 Å². The molecule has 0 unspecified atom stereocenters. The number of rotatable bonds is 5. The molecule has 0 bridgehead atoms. The molecule has 4 rings (SSSR count). The summed E-state index contributed by atoms with van der Waals surface area (Å²) >= 11 is 0. The predicted octanol–water partition coefficient (Wildman–Crippen LogP) is 4.86. The first-order valence-electron chi connectivity index (χ1n) is 10.1. The lowest BCUT2D eigenvalue weighted by molar-refractivity contribution is -0.137. The van der Waals surface area contributed by atoms with E-state index in [0.717, 1.165) is 22.9 Å². The maximum atomic E-state index is 12.8. The van der Waals surface area contributed by atoms with Gasteiger partial charge < -0.3 is 15.0 Å². The molecule has 1 fully saturated rings. The summed E-state index contributed by atoms with van der Waals surface area (Å²) in [6.07, 6.45) is -4.40. The minimum absolute atomic E-state index is 0.0833. The number of likely N-dealkylation sites (tertiary alicyclic amines) is 1. The molecular weight excluding hydrogens is 421 g/mol. The van der Waals surface area contributed by atoms with Gasteiger partial charge in [0.05, 0.1) is 5.56 Å². The number of alkyl halides is 3. The Morgan fingerprint density at radius 3 is 2.44 bits per heavy atom. The molecule has 0 spiro atoms. The fourth-order valence-electron chi connectivity index (χ4n) is 3.65. The Balaban J connectivity index is 1.47. The number of benzene rings is 3. The molecule has 5 nitrogen and oxygen atoms in total. The Morgan fingerprint density at radius 1 is 1.06 bits per heavy atom. The summed E-state index contributed by atoms with van der Waals surface area (Å²) in [4.78, 5) is 25.5. The zero-order chi connectivity index (χ0) is 22.9. The van der Waals surface area contributed by atoms with Crippen LogP contribution in [0.25, 0.3) is 10.8 Å². The van der Waals surface area contributed by atoms with Gasteiger partial charge in [-0.25, -0.2) is 0 Å². The van der Waals surface area contributed by atoms with Crippen LogP contribution in [0, 0.1) is 5.92 Å². The summed E-state index contributed by atoms with van der Waals surface area (Å²) in [5, 5.41) is 4.29. The lowest BCUT2D eigenvalue weighted by Crippen LogP contribution is -2.53. The second-order valence-corrected chi connectivity index (χ2v) is 7.83. The van der Waals surface area contributed by atoms with Crippen molar-refractivity contribution < 1.29 is 27.5 Å². The molecule has 0 radical (unpaired) electrons. The molecule has 1 N–H and O–H groups in total. The highest BCUT2D eigenvalue weighted by atomic mass is 19.4. The van der Waals surface area contributed by atoms with Crippen LogP contribution in [-0.4, -0.2) is 36.3 Å². The average Bonchev–Trinajstić information content (AvgIpc) is 2.72. The van der Waals surface area contributed by atoms with Crippen LogP contribution in [0.2, 0.25) is 0 Å². The van der Waals surface area contributed by atoms with Crippen LogP contribution in [-0.2, 0) is 11.0 Å². The zero-order valence-corrected chi connectivity index (χ0v) is 17.3. The third-order valence-corrected chi connectivity index (χ3v) is 5.38. The zero-order valence-electron chi connectivity index (χ0n) is 17.3. The van der Waals surface area contributed by atoms with Crippen LogP contribution in [0.5, 0.6) is 11.5 Å². The van der Waals surface area contributed by atoms with Crippen molar-refractivity contribution in [2.75, 3.05) is 19.6 Å². The first-order chi connectivity index (χ1) is 15.2. The number of carbonyl (C=O) groups excluding carboxylic acids is 2. The summed E-state index contributed by atoms with van der Waals surface area (Å²) in [6, 6.07) is 15.1. The summed E-state index contributed by atoms with van der Waals surface area (Å²) in [5.74, 6) is 0.864. The van der Waals surface area contributed by atoms with Crippen molar-refractivity contribution >= 4 is 22.6 Å². The number of carbonyl (C=O) groups is 2. The van der Waals surface area contributed by atoms with E-state index in [0.29, 0.717) is 30.9 Å². The lowest BCUT2D eigenvalue weighted by atomic mass is 9.98. The van der Waals surface area contributed by atoms with Crippen molar-refractivity contribution in [3.63, 3.8) is 0 Å². The highest BCUT2D eigenvalue weighted by Gasteiger charge is 2.31. The molecule has 3 aromatic rings. The van der Waals surface area contributed by atoms with Crippen LogP contribution in [0.3, 0.4) is 0 Å². The SMILES string of the molecule is CC(=O)NCC1CN(C(=O)c2ccc3c(Oc4ccc(C(F)(F)F)cc4)cccc3c2)C1. The van der Waals surface area contributed by atoms with Gasteiger partial charge in [-0.05, 0) is 53.9 Å². The highest BCUT2D eigenvalue weighted by Crippen LogP contribution is 2.34. The molecule has 1 saturated heterocycles. The van der Waals surface area contributed by atoms with E-state index in [-0.39, 0.29) is 23.5 Å². The minimum Gasteiger partial charge on any atom is -0.457 e. The van der Waals surface area contributed by atoms with Crippen LogP contribution < -0.4 is 10.1 Å². The van der Waals surface area contributed by atoms with Gasteiger partial charge >= 0.3 is 6.18 Å². The molecular formula is C24H21F3N2O3. The molecule has 1 heterocycles. The van der Waals surface area contributed by atoms with E-state index in [9.17, 15) is 22.8 Å². The van der Waals surface area contributed by atoms with Crippen LogP contribution in [0.4, 0.5) is 13.2 Å². The Kier molecular flexibility index (Phi) is 5.78. The minimum atomic E-state index is -4.40. The standard InChI is InChI=1S/C24H21F3N2O3/c1-15(30)28-12-16-13-29(14-16)23(31)18-5-10-21-17(11-18)3-2-4-22(21)32-20-8-6-19(7-9-20)24(25,26)27/h2-11,16H,12-14H2,1H3,(H,28,30). The number of amides is 2. The van der Waals surface area contributed by atoms with E-state index in [2.05, 4.69) is 5.32 Å². The van der Waals surface area contributed by atoms with Gasteiger partial charge in [0.1, 0.15) is 11.5 Å². The number of fused-ring (bicyclic) bond motifs is 1. The van der Waals surface area contributed by atoms with Crippen molar-refractivity contribution in [1.29, 1.82) is 0 Å². The van der Waals surface area contributed by atoms with E-state index in [4.69, 9.17) is 4.74 Å². The van der Waals surface area contributed by atoms with Crippen molar-refractivity contribution in [2.24, 2.45) is 5.92 Å². The van der Waals surface area contributed by atoms with Gasteiger partial charge in [-0.3, -0.25) is 9.59 Å². The van der Waals surface area contributed by atoms with E-state index < -0.39 is 11.7 Å². The van der Waals surface area contributed by atoms with Crippen LogP contribution >= 0.6 is 0 Å². The number of ether oxygens (including phenoxy) is 1. The molecule has 0 aromatic heterocycles. The molecule has 2 amide bonds. The molecule has 3 aromatic carbocycles. The molecule has 1 aliphatic rings. The van der Waals surface area contributed by atoms with Gasteiger partial charge in [0, 0.05) is 43.4 Å². The second kappa shape index (κ2) is 8.53. The molecule has 8 heteroatoms. The third kappa shape index (κ3) is 4.69. The van der Waals surface area contributed by atoms with Gasteiger partial charge in [0.2, 0.25) is 5.91 Å². The molecule has 0 aliphatic carbocycles. The number of hydrogen-bond donors (Lipinski definition) is 1. The van der Waals surface area contributed by atoms with E-state index >= 15 is 0 Å². The number of hydrogen-bond acceptors (Lipinski definition) is 3. The third-order valence-electron chi connectivity index (χ3n) is 5.38. The molecule has 0 saturated carbocycles. The van der Waals surface area contributed by atoms with Crippen molar-refractivity contribution in [3.8, 4) is 11.5 Å². The molecule has 166 valence electrons. The summed E-state index contributed by atoms with van der Waals surface area (Å²) in [5.41, 5.74) is -0.196. The number of halogens is 3. The molecule has 1 aliphatic heterocycles. The Hall–Kier alpha value is -3.55. The van der Waals surface area contributed by atoms with Crippen LogP contribution in [0.1, 0.15) is 22.8 Å².